The Hall–Kier alpha value is -0.870. The molecule has 10 heteroatoms. The average molecular weight is 278 g/mol. The number of carbonyl (C=O) groups is 1. The van der Waals surface area contributed by atoms with E-state index in [0.717, 1.165) is 0 Å². The van der Waals surface area contributed by atoms with Crippen molar-refractivity contribution in [2.24, 2.45) is 5.92 Å². The monoisotopic (exact) mass is 278 g/mol. The maximum absolute atomic E-state index is 11.7. The van der Waals surface area contributed by atoms with Crippen molar-refractivity contribution in [3.05, 3.63) is 0 Å². The number of hydrogen-bond acceptors (Lipinski definition) is 3. The highest BCUT2D eigenvalue weighted by Crippen LogP contribution is 2.12. The van der Waals surface area contributed by atoms with Gasteiger partial charge in [-0.1, -0.05) is 6.92 Å². The van der Waals surface area contributed by atoms with Crippen LogP contribution in [0.4, 0.5) is 13.2 Å². The molecule has 0 rings (SSSR count). The number of nitrogens with one attached hydrogen (secondary N) is 2. The summed E-state index contributed by atoms with van der Waals surface area (Å²) in [6, 6.07) is 0. The van der Waals surface area contributed by atoms with Crippen molar-refractivity contribution in [1.29, 1.82) is 0 Å². The fourth-order valence-electron chi connectivity index (χ4n) is 0.761. The van der Waals surface area contributed by atoms with Crippen LogP contribution in [0.15, 0.2) is 0 Å². The summed E-state index contributed by atoms with van der Waals surface area (Å²) in [5.74, 6) is -1.88. The molecule has 0 amide bonds. The molecule has 0 radical (unpaired) electrons. The van der Waals surface area contributed by atoms with Crippen LogP contribution in [0.1, 0.15) is 13.3 Å². The zero-order valence-corrected chi connectivity index (χ0v) is 9.73. The van der Waals surface area contributed by atoms with Gasteiger partial charge in [-0.25, -0.2) is 4.72 Å². The molecule has 0 aliphatic carbocycles. The van der Waals surface area contributed by atoms with Gasteiger partial charge in [-0.15, -0.1) is 0 Å². The molecule has 0 aromatic heterocycles. The number of alkyl halides is 3. The zero-order chi connectivity index (χ0) is 13.7. The molecule has 0 aromatic carbocycles. The summed E-state index contributed by atoms with van der Waals surface area (Å²) in [5.41, 5.74) is 0. The van der Waals surface area contributed by atoms with Gasteiger partial charge in [0.2, 0.25) is 0 Å². The molecule has 102 valence electrons. The summed E-state index contributed by atoms with van der Waals surface area (Å²) in [5, 5.41) is 8.48. The zero-order valence-electron chi connectivity index (χ0n) is 8.91. The SMILES string of the molecule is CC(CCNS(=O)(=O)NCC(F)(F)F)C(=O)O. The van der Waals surface area contributed by atoms with Crippen molar-refractivity contribution in [2.75, 3.05) is 13.1 Å². The maximum atomic E-state index is 11.7. The van der Waals surface area contributed by atoms with Gasteiger partial charge in [0.05, 0.1) is 5.92 Å². The smallest absolute Gasteiger partial charge is 0.402 e. The molecule has 3 N–H and O–H groups in total. The highest BCUT2D eigenvalue weighted by atomic mass is 32.2. The van der Waals surface area contributed by atoms with Crippen molar-refractivity contribution in [1.82, 2.24) is 9.44 Å². The van der Waals surface area contributed by atoms with Crippen LogP contribution in [-0.2, 0) is 15.0 Å². The molecule has 0 heterocycles. The number of halogens is 3. The van der Waals surface area contributed by atoms with E-state index in [1.807, 2.05) is 4.72 Å². The number of carboxylic acids is 1. The molecule has 0 aliphatic rings. The minimum atomic E-state index is -4.64. The molecule has 0 spiro atoms. The first-order valence-corrected chi connectivity index (χ1v) is 6.05. The summed E-state index contributed by atoms with van der Waals surface area (Å²) < 4.78 is 60.2. The summed E-state index contributed by atoms with van der Waals surface area (Å²) >= 11 is 0. The van der Waals surface area contributed by atoms with E-state index >= 15 is 0 Å². The molecule has 1 unspecified atom stereocenters. The van der Waals surface area contributed by atoms with Crippen molar-refractivity contribution in [3.8, 4) is 0 Å². The third-order valence-electron chi connectivity index (χ3n) is 1.75. The van der Waals surface area contributed by atoms with E-state index in [1.54, 1.807) is 0 Å². The summed E-state index contributed by atoms with van der Waals surface area (Å²) in [6.45, 7) is -0.558. The molecule has 0 fully saturated rings. The lowest BCUT2D eigenvalue weighted by Gasteiger charge is -2.11. The molecule has 0 saturated heterocycles. The predicted molar refractivity (Wildman–Crippen MR) is 52.4 cm³/mol. The van der Waals surface area contributed by atoms with E-state index in [9.17, 15) is 26.4 Å². The normalized spacial score (nSPS) is 14.6. The van der Waals surface area contributed by atoms with E-state index in [2.05, 4.69) is 0 Å². The van der Waals surface area contributed by atoms with Gasteiger partial charge < -0.3 is 5.11 Å². The van der Waals surface area contributed by atoms with Gasteiger partial charge in [-0.3, -0.25) is 4.79 Å². The minimum Gasteiger partial charge on any atom is -0.481 e. The van der Waals surface area contributed by atoms with Crippen LogP contribution in [0.2, 0.25) is 0 Å². The Morgan fingerprint density at radius 2 is 1.88 bits per heavy atom. The van der Waals surface area contributed by atoms with Crippen LogP contribution < -0.4 is 9.44 Å². The standard InChI is InChI=1S/C7H13F3N2O4S/c1-5(6(13)14)2-3-11-17(15,16)12-4-7(8,9)10/h5,11-12H,2-4H2,1H3,(H,13,14). The fourth-order valence-corrected chi connectivity index (χ4v) is 1.60. The second-order valence-corrected chi connectivity index (χ2v) is 4.95. The van der Waals surface area contributed by atoms with Crippen LogP contribution in [0.25, 0.3) is 0 Å². The molecule has 0 aliphatic heterocycles. The largest absolute Gasteiger partial charge is 0.481 e. The van der Waals surface area contributed by atoms with Crippen molar-refractivity contribution in [3.63, 3.8) is 0 Å². The quantitative estimate of drug-likeness (QED) is 0.614. The maximum Gasteiger partial charge on any atom is 0.402 e. The van der Waals surface area contributed by atoms with E-state index in [4.69, 9.17) is 5.11 Å². The fraction of sp³-hybridized carbons (Fsp3) is 0.857. The molecular formula is C7H13F3N2O4S. The number of aliphatic carboxylic acids is 1. The molecule has 0 aromatic rings. The van der Waals surface area contributed by atoms with Gasteiger partial charge >= 0.3 is 12.1 Å². The average Bonchev–Trinajstić information content (AvgIpc) is 2.13. The van der Waals surface area contributed by atoms with E-state index in [1.165, 1.54) is 11.6 Å². The van der Waals surface area contributed by atoms with E-state index in [0.29, 0.717) is 0 Å². The van der Waals surface area contributed by atoms with Gasteiger partial charge in [0, 0.05) is 6.54 Å². The van der Waals surface area contributed by atoms with Gasteiger partial charge in [0.25, 0.3) is 10.2 Å². The lowest BCUT2D eigenvalue weighted by molar-refractivity contribution is -0.141. The Labute approximate surface area is 96.4 Å². The lowest BCUT2D eigenvalue weighted by atomic mass is 10.1. The Kier molecular flexibility index (Phi) is 5.85. The number of hydrogen-bond donors (Lipinski definition) is 3. The predicted octanol–water partition coefficient (Wildman–Crippen LogP) is 0.0835. The van der Waals surface area contributed by atoms with Crippen molar-refractivity contribution in [2.45, 2.75) is 19.5 Å². The van der Waals surface area contributed by atoms with Gasteiger partial charge in [-0.2, -0.15) is 26.3 Å². The third kappa shape index (κ3) is 8.89. The summed E-state index contributed by atoms with van der Waals surface area (Å²) in [7, 11) is -4.25. The third-order valence-corrected chi connectivity index (χ3v) is 2.86. The second-order valence-electron chi connectivity index (χ2n) is 3.36. The topological polar surface area (TPSA) is 95.5 Å². The number of rotatable bonds is 7. The Morgan fingerprint density at radius 1 is 1.35 bits per heavy atom. The second kappa shape index (κ2) is 6.17. The van der Waals surface area contributed by atoms with E-state index in [-0.39, 0.29) is 13.0 Å². The molecule has 0 bridgehead atoms. The summed E-state index contributed by atoms with van der Waals surface area (Å²) in [4.78, 5) is 10.4. The first kappa shape index (κ1) is 16.1. The lowest BCUT2D eigenvalue weighted by Crippen LogP contribution is -2.42. The van der Waals surface area contributed by atoms with Gasteiger partial charge in [-0.05, 0) is 6.42 Å². The van der Waals surface area contributed by atoms with Crippen LogP contribution in [0, 0.1) is 5.92 Å². The Bertz CT molecular complexity index is 355. The van der Waals surface area contributed by atoms with Crippen LogP contribution >= 0.6 is 0 Å². The van der Waals surface area contributed by atoms with Gasteiger partial charge in [0.1, 0.15) is 6.54 Å². The number of carboxylic acid groups (broad SMARTS) is 1. The first-order valence-electron chi connectivity index (χ1n) is 4.57. The molecular weight excluding hydrogens is 265 g/mol. The minimum absolute atomic E-state index is 0.0116. The molecule has 0 saturated carbocycles. The van der Waals surface area contributed by atoms with Crippen molar-refractivity contribution < 1.29 is 31.5 Å². The van der Waals surface area contributed by atoms with Crippen LogP contribution in [0.5, 0.6) is 0 Å². The van der Waals surface area contributed by atoms with Crippen LogP contribution in [-0.4, -0.2) is 38.8 Å². The first-order chi connectivity index (χ1) is 7.53. The molecule has 17 heavy (non-hydrogen) atoms. The highest BCUT2D eigenvalue weighted by Gasteiger charge is 2.29. The Morgan fingerprint density at radius 3 is 2.29 bits per heavy atom. The molecule has 6 nitrogen and oxygen atoms in total. The Balaban J connectivity index is 3.99. The highest BCUT2D eigenvalue weighted by molar-refractivity contribution is 7.87. The summed E-state index contributed by atoms with van der Waals surface area (Å²) in [6.07, 6.45) is -4.65. The molecule has 1 atom stereocenters. The van der Waals surface area contributed by atoms with Crippen LogP contribution in [0.3, 0.4) is 0 Å². The van der Waals surface area contributed by atoms with Gasteiger partial charge in [0.15, 0.2) is 0 Å². The van der Waals surface area contributed by atoms with E-state index < -0.39 is 34.8 Å². The van der Waals surface area contributed by atoms with Crippen molar-refractivity contribution >= 4 is 16.2 Å².